The van der Waals surface area contributed by atoms with Crippen molar-refractivity contribution < 1.29 is 14.3 Å². The van der Waals surface area contributed by atoms with Crippen LogP contribution in [0.25, 0.3) is 5.78 Å². The van der Waals surface area contributed by atoms with E-state index in [9.17, 15) is 9.59 Å². The molecular weight excluding hydrogens is 390 g/mol. The van der Waals surface area contributed by atoms with Gasteiger partial charge in [-0.15, -0.1) is 5.10 Å². The Morgan fingerprint density at radius 2 is 1.92 bits per heavy atom. The lowest BCUT2D eigenvalue weighted by Gasteiger charge is -2.05. The third-order valence-corrected chi connectivity index (χ3v) is 3.79. The Hall–Kier alpha value is -2.81. The van der Waals surface area contributed by atoms with Crippen LogP contribution in [-0.4, -0.2) is 38.1 Å². The van der Waals surface area contributed by atoms with Gasteiger partial charge in [-0.1, -0.05) is 15.9 Å². The number of fused-ring (bicyclic) bond motifs is 1. The van der Waals surface area contributed by atoms with Gasteiger partial charge in [0.2, 0.25) is 0 Å². The highest BCUT2D eigenvalue weighted by molar-refractivity contribution is 9.10. The Morgan fingerprint density at radius 1 is 1.20 bits per heavy atom. The van der Waals surface area contributed by atoms with Gasteiger partial charge in [0.25, 0.3) is 17.5 Å². The smallest absolute Gasteiger partial charge is 0.378 e. The van der Waals surface area contributed by atoms with E-state index >= 15 is 0 Å². The number of carbonyl (C=O) groups excluding carboxylic acids is 2. The number of benzene rings is 1. The maximum atomic E-state index is 12.0. The zero-order valence-corrected chi connectivity index (χ0v) is 15.1. The SMILES string of the molecule is Cc1cc(C)n2nc(C(=O)OCC(=O)Nc3ccc(Br)cc3)nc2n1. The fourth-order valence-corrected chi connectivity index (χ4v) is 2.44. The van der Waals surface area contributed by atoms with Crippen LogP contribution >= 0.6 is 15.9 Å². The quantitative estimate of drug-likeness (QED) is 0.671. The number of esters is 1. The molecule has 0 saturated heterocycles. The van der Waals surface area contributed by atoms with E-state index in [1.807, 2.05) is 19.9 Å². The molecule has 3 aromatic rings. The molecule has 128 valence electrons. The molecule has 0 radical (unpaired) electrons. The first-order valence-electron chi connectivity index (χ1n) is 7.36. The molecule has 0 aliphatic rings. The second-order valence-corrected chi connectivity index (χ2v) is 6.23. The van der Waals surface area contributed by atoms with Crippen LogP contribution in [0.1, 0.15) is 22.0 Å². The molecule has 3 rings (SSSR count). The predicted molar refractivity (Wildman–Crippen MR) is 93.3 cm³/mol. The van der Waals surface area contributed by atoms with Gasteiger partial charge in [0.15, 0.2) is 6.61 Å². The van der Waals surface area contributed by atoms with Gasteiger partial charge in [-0.3, -0.25) is 4.79 Å². The lowest BCUT2D eigenvalue weighted by molar-refractivity contribution is -0.119. The number of rotatable bonds is 4. The molecule has 0 fully saturated rings. The highest BCUT2D eigenvalue weighted by Gasteiger charge is 2.17. The molecule has 0 unspecified atom stereocenters. The number of hydrogen-bond donors (Lipinski definition) is 1. The molecule has 2 heterocycles. The summed E-state index contributed by atoms with van der Waals surface area (Å²) in [5.41, 5.74) is 2.17. The van der Waals surface area contributed by atoms with Gasteiger partial charge in [0.1, 0.15) is 0 Å². The number of nitrogens with one attached hydrogen (secondary N) is 1. The molecular formula is C16H14BrN5O3. The molecule has 1 aromatic carbocycles. The maximum Gasteiger partial charge on any atom is 0.378 e. The molecule has 0 atom stereocenters. The van der Waals surface area contributed by atoms with Gasteiger partial charge in [-0.2, -0.15) is 4.98 Å². The number of aromatic nitrogens is 4. The average Bonchev–Trinajstić information content (AvgIpc) is 2.99. The molecule has 0 saturated carbocycles. The summed E-state index contributed by atoms with van der Waals surface area (Å²) in [4.78, 5) is 32.1. The second kappa shape index (κ2) is 6.98. The summed E-state index contributed by atoms with van der Waals surface area (Å²) in [7, 11) is 0. The van der Waals surface area contributed by atoms with Gasteiger partial charge in [-0.25, -0.2) is 14.3 Å². The minimum Gasteiger partial charge on any atom is -0.450 e. The van der Waals surface area contributed by atoms with Crippen molar-refractivity contribution in [2.45, 2.75) is 13.8 Å². The van der Waals surface area contributed by atoms with E-state index in [0.717, 1.165) is 15.9 Å². The summed E-state index contributed by atoms with van der Waals surface area (Å²) in [6.45, 7) is 3.22. The van der Waals surface area contributed by atoms with E-state index in [1.54, 1.807) is 24.3 Å². The molecule has 0 aliphatic carbocycles. The molecule has 8 nitrogen and oxygen atoms in total. The van der Waals surface area contributed by atoms with E-state index in [4.69, 9.17) is 4.74 Å². The van der Waals surface area contributed by atoms with E-state index in [-0.39, 0.29) is 5.82 Å². The van der Waals surface area contributed by atoms with Crippen LogP contribution in [0, 0.1) is 13.8 Å². The van der Waals surface area contributed by atoms with Gasteiger partial charge >= 0.3 is 5.97 Å². The van der Waals surface area contributed by atoms with Gasteiger partial charge in [-0.05, 0) is 44.2 Å². The largest absolute Gasteiger partial charge is 0.450 e. The minimum absolute atomic E-state index is 0.141. The van der Waals surface area contributed by atoms with E-state index < -0.39 is 18.5 Å². The fourth-order valence-electron chi connectivity index (χ4n) is 2.18. The summed E-state index contributed by atoms with van der Waals surface area (Å²) < 4.78 is 7.31. The van der Waals surface area contributed by atoms with Crippen LogP contribution in [0.3, 0.4) is 0 Å². The minimum atomic E-state index is -0.784. The molecule has 0 spiro atoms. The Morgan fingerprint density at radius 3 is 2.64 bits per heavy atom. The van der Waals surface area contributed by atoms with Crippen LogP contribution in [0.2, 0.25) is 0 Å². The van der Waals surface area contributed by atoms with Crippen LogP contribution in [-0.2, 0) is 9.53 Å². The molecule has 0 aliphatic heterocycles. The number of ether oxygens (including phenoxy) is 1. The second-order valence-electron chi connectivity index (χ2n) is 5.32. The molecule has 9 heteroatoms. The Kier molecular flexibility index (Phi) is 4.75. The topological polar surface area (TPSA) is 98.5 Å². The van der Waals surface area contributed by atoms with Crippen LogP contribution in [0.15, 0.2) is 34.8 Å². The first-order chi connectivity index (χ1) is 11.9. The Balaban J connectivity index is 1.63. The third-order valence-electron chi connectivity index (χ3n) is 3.26. The van der Waals surface area contributed by atoms with Crippen molar-refractivity contribution in [1.29, 1.82) is 0 Å². The number of aryl methyl sites for hydroxylation is 2. The number of nitrogens with zero attached hydrogens (tertiary/aromatic N) is 4. The standard InChI is InChI=1S/C16H14BrN5O3/c1-9-7-10(2)22-16(18-9)20-14(21-22)15(24)25-8-13(23)19-12-5-3-11(17)4-6-12/h3-7H,8H2,1-2H3,(H,19,23). The van der Waals surface area contributed by atoms with Crippen molar-refractivity contribution >= 4 is 39.3 Å². The molecule has 0 bridgehead atoms. The molecule has 2 aromatic heterocycles. The number of hydrogen-bond acceptors (Lipinski definition) is 6. The van der Waals surface area contributed by atoms with Crippen LogP contribution in [0.5, 0.6) is 0 Å². The maximum absolute atomic E-state index is 12.0. The lowest BCUT2D eigenvalue weighted by atomic mass is 10.3. The van der Waals surface area contributed by atoms with Gasteiger partial charge in [0, 0.05) is 21.5 Å². The van der Waals surface area contributed by atoms with Crippen molar-refractivity contribution in [3.8, 4) is 0 Å². The summed E-state index contributed by atoms with van der Waals surface area (Å²) >= 11 is 3.31. The number of amides is 1. The number of carbonyl (C=O) groups is 2. The highest BCUT2D eigenvalue weighted by atomic mass is 79.9. The summed E-state index contributed by atoms with van der Waals surface area (Å²) in [5, 5.41) is 6.68. The molecule has 1 N–H and O–H groups in total. The molecule has 1 amide bonds. The average molecular weight is 404 g/mol. The van der Waals surface area contributed by atoms with Crippen molar-refractivity contribution in [1.82, 2.24) is 19.6 Å². The molecule has 25 heavy (non-hydrogen) atoms. The van der Waals surface area contributed by atoms with Crippen LogP contribution in [0.4, 0.5) is 5.69 Å². The number of anilines is 1. The lowest BCUT2D eigenvalue weighted by Crippen LogP contribution is -2.21. The van der Waals surface area contributed by atoms with Crippen molar-refractivity contribution in [3.05, 3.63) is 52.0 Å². The Labute approximate surface area is 151 Å². The first-order valence-corrected chi connectivity index (χ1v) is 8.15. The Bertz CT molecular complexity index is 952. The van der Waals surface area contributed by atoms with Crippen molar-refractivity contribution in [3.63, 3.8) is 0 Å². The summed E-state index contributed by atoms with van der Waals surface area (Å²) in [5.74, 6) is -1.07. The monoisotopic (exact) mass is 403 g/mol. The summed E-state index contributed by atoms with van der Waals surface area (Å²) in [6.07, 6.45) is 0. The van der Waals surface area contributed by atoms with E-state index in [2.05, 4.69) is 36.3 Å². The normalized spacial score (nSPS) is 10.7. The summed E-state index contributed by atoms with van der Waals surface area (Å²) in [6, 6.07) is 8.86. The number of halogens is 1. The third kappa shape index (κ3) is 4.00. The van der Waals surface area contributed by atoms with Crippen LogP contribution < -0.4 is 5.32 Å². The van der Waals surface area contributed by atoms with Gasteiger partial charge in [0.05, 0.1) is 0 Å². The zero-order valence-electron chi connectivity index (χ0n) is 13.5. The fraction of sp³-hybridized carbons (Fsp3) is 0.188. The van der Waals surface area contributed by atoms with Gasteiger partial charge < -0.3 is 10.1 Å². The van der Waals surface area contributed by atoms with Crippen molar-refractivity contribution in [2.75, 3.05) is 11.9 Å². The van der Waals surface area contributed by atoms with Crippen molar-refractivity contribution in [2.24, 2.45) is 0 Å². The van der Waals surface area contributed by atoms with E-state index in [1.165, 1.54) is 4.52 Å². The first kappa shape index (κ1) is 17.0. The zero-order chi connectivity index (χ0) is 18.0. The predicted octanol–water partition coefficient (Wildman–Crippen LogP) is 2.30. The highest BCUT2D eigenvalue weighted by Crippen LogP contribution is 2.14. The van der Waals surface area contributed by atoms with E-state index in [0.29, 0.717) is 11.5 Å².